The first kappa shape index (κ1) is 29.6. The van der Waals surface area contributed by atoms with Crippen LogP contribution in [0.4, 0.5) is 29.3 Å². The van der Waals surface area contributed by atoms with Crippen molar-refractivity contribution in [3.8, 4) is 17.0 Å². The quantitative estimate of drug-likeness (QED) is 0.380. The number of benzene rings is 1. The standard InChI is InChI=1S/C26H33F4N7O2S/c1-4-5-19(26(28,29)30)24(31-2)35-10-8-34(9-11-35)23-17-21(18-6-7-20(27)22(38)16-18)32-25(33-23)36-12-14-37(15-13-36)40(3)39/h4-7,16-17,31,38H,8-15H2,1-3H3/b5-4-,24-19-. The lowest BCUT2D eigenvalue weighted by molar-refractivity contribution is -0.0907. The molecule has 2 aromatic rings. The van der Waals surface area contributed by atoms with E-state index in [1.165, 1.54) is 25.3 Å². The molecular formula is C26H33F4N7O2S. The summed E-state index contributed by atoms with van der Waals surface area (Å²) in [5.74, 6) is -0.224. The lowest BCUT2D eigenvalue weighted by atomic mass is 10.1. The fraction of sp³-hybridized carbons (Fsp3) is 0.462. The Morgan fingerprint density at radius 1 is 1.02 bits per heavy atom. The predicted molar refractivity (Wildman–Crippen MR) is 148 cm³/mol. The Morgan fingerprint density at radius 3 is 2.23 bits per heavy atom. The number of phenolic OH excluding ortho intramolecular Hbond substituents is 1. The zero-order chi connectivity index (χ0) is 29.0. The van der Waals surface area contributed by atoms with Gasteiger partial charge in [-0.1, -0.05) is 12.2 Å². The van der Waals surface area contributed by atoms with Crippen molar-refractivity contribution < 1.29 is 26.9 Å². The molecule has 40 heavy (non-hydrogen) atoms. The van der Waals surface area contributed by atoms with Crippen LogP contribution in [0.3, 0.4) is 0 Å². The molecule has 0 bridgehead atoms. The highest BCUT2D eigenvalue weighted by Gasteiger charge is 2.37. The second-order valence-corrected chi connectivity index (χ2v) is 10.8. The third kappa shape index (κ3) is 6.66. The number of hydrogen-bond donors (Lipinski definition) is 2. The first-order valence-electron chi connectivity index (χ1n) is 12.8. The van der Waals surface area contributed by atoms with Crippen LogP contribution in [0, 0.1) is 5.82 Å². The van der Waals surface area contributed by atoms with Gasteiger partial charge in [0.2, 0.25) is 5.95 Å². The summed E-state index contributed by atoms with van der Waals surface area (Å²) < 4.78 is 68.6. The number of hydrogen-bond acceptors (Lipinski definition) is 8. The minimum absolute atomic E-state index is 0.0160. The van der Waals surface area contributed by atoms with Crippen molar-refractivity contribution >= 4 is 22.8 Å². The van der Waals surface area contributed by atoms with Gasteiger partial charge in [-0.25, -0.2) is 17.9 Å². The minimum Gasteiger partial charge on any atom is -0.505 e. The summed E-state index contributed by atoms with van der Waals surface area (Å²) in [5.41, 5.74) is 0.237. The number of aromatic hydroxyl groups is 1. The number of aromatic nitrogens is 2. The second kappa shape index (κ2) is 12.4. The van der Waals surface area contributed by atoms with Gasteiger partial charge < -0.3 is 25.1 Å². The van der Waals surface area contributed by atoms with Crippen LogP contribution in [-0.2, 0) is 11.0 Å². The molecule has 218 valence electrons. The molecule has 2 N–H and O–H groups in total. The summed E-state index contributed by atoms with van der Waals surface area (Å²) in [6, 6.07) is 5.71. The first-order chi connectivity index (χ1) is 19.0. The molecule has 2 aliphatic rings. The maximum atomic E-state index is 13.7. The van der Waals surface area contributed by atoms with Gasteiger partial charge in [-0.3, -0.25) is 0 Å². The normalized spacial score (nSPS) is 18.7. The largest absolute Gasteiger partial charge is 0.505 e. The maximum Gasteiger partial charge on any atom is 0.419 e. The van der Waals surface area contributed by atoms with E-state index in [0.29, 0.717) is 75.4 Å². The molecule has 0 spiro atoms. The van der Waals surface area contributed by atoms with Gasteiger partial charge in [-0.05, 0) is 25.1 Å². The van der Waals surface area contributed by atoms with Gasteiger partial charge in [-0.2, -0.15) is 18.2 Å². The van der Waals surface area contributed by atoms with Gasteiger partial charge in [0.1, 0.15) is 11.6 Å². The highest BCUT2D eigenvalue weighted by molar-refractivity contribution is 7.81. The number of allylic oxidation sites excluding steroid dienone is 3. The average molecular weight is 584 g/mol. The smallest absolute Gasteiger partial charge is 0.419 e. The third-order valence-electron chi connectivity index (χ3n) is 6.88. The van der Waals surface area contributed by atoms with Crippen molar-refractivity contribution in [2.75, 3.05) is 75.5 Å². The van der Waals surface area contributed by atoms with Crippen molar-refractivity contribution in [1.82, 2.24) is 24.5 Å². The SMILES string of the molecule is C/C=C\C(=C(/NC)N1CCN(c2cc(-c3ccc(F)c(O)c3)nc(N3CCN(S(C)=O)CC3)n2)CC1)C(F)(F)F. The van der Waals surface area contributed by atoms with E-state index in [9.17, 15) is 26.9 Å². The number of alkyl halides is 3. The molecule has 0 saturated carbocycles. The molecular weight excluding hydrogens is 550 g/mol. The van der Waals surface area contributed by atoms with Crippen molar-refractivity contribution in [2.45, 2.75) is 13.1 Å². The van der Waals surface area contributed by atoms with Crippen LogP contribution in [0.15, 0.2) is 47.8 Å². The van der Waals surface area contributed by atoms with E-state index in [4.69, 9.17) is 4.98 Å². The van der Waals surface area contributed by atoms with Crippen molar-refractivity contribution in [3.63, 3.8) is 0 Å². The van der Waals surface area contributed by atoms with Crippen molar-refractivity contribution in [3.05, 3.63) is 53.6 Å². The van der Waals surface area contributed by atoms with Gasteiger partial charge >= 0.3 is 6.18 Å². The summed E-state index contributed by atoms with van der Waals surface area (Å²) >= 11 is 0. The number of piperazine rings is 2. The highest BCUT2D eigenvalue weighted by Crippen LogP contribution is 2.32. The molecule has 2 fully saturated rings. The predicted octanol–water partition coefficient (Wildman–Crippen LogP) is 3.10. The Hall–Kier alpha value is -3.39. The Kier molecular flexibility index (Phi) is 9.19. The zero-order valence-electron chi connectivity index (χ0n) is 22.6. The molecule has 1 unspecified atom stereocenters. The molecule has 2 aliphatic heterocycles. The molecule has 0 amide bonds. The van der Waals surface area contributed by atoms with Crippen LogP contribution in [0.5, 0.6) is 5.75 Å². The van der Waals surface area contributed by atoms with E-state index in [2.05, 4.69) is 10.3 Å². The summed E-state index contributed by atoms with van der Waals surface area (Å²) in [5, 5.41) is 12.7. The lowest BCUT2D eigenvalue weighted by Gasteiger charge is -2.39. The molecule has 3 heterocycles. The van der Waals surface area contributed by atoms with E-state index in [1.54, 1.807) is 24.1 Å². The number of halogens is 4. The highest BCUT2D eigenvalue weighted by atomic mass is 32.2. The van der Waals surface area contributed by atoms with Gasteiger partial charge in [0, 0.05) is 77.3 Å². The van der Waals surface area contributed by atoms with Crippen LogP contribution in [0.1, 0.15) is 6.92 Å². The summed E-state index contributed by atoms with van der Waals surface area (Å²) in [4.78, 5) is 15.1. The Labute approximate surface area is 233 Å². The minimum atomic E-state index is -4.51. The molecule has 2 saturated heterocycles. The van der Waals surface area contributed by atoms with Crippen molar-refractivity contribution in [2.24, 2.45) is 0 Å². The van der Waals surface area contributed by atoms with Crippen LogP contribution in [0.2, 0.25) is 0 Å². The molecule has 9 nitrogen and oxygen atoms in total. The second-order valence-electron chi connectivity index (χ2n) is 9.40. The number of phenols is 1. The third-order valence-corrected chi connectivity index (χ3v) is 7.97. The van der Waals surface area contributed by atoms with E-state index in [0.717, 1.165) is 12.1 Å². The van der Waals surface area contributed by atoms with Crippen LogP contribution >= 0.6 is 0 Å². The van der Waals surface area contributed by atoms with Crippen molar-refractivity contribution in [1.29, 1.82) is 0 Å². The summed E-state index contributed by atoms with van der Waals surface area (Å²) in [7, 11) is 0.395. The number of anilines is 2. The lowest BCUT2D eigenvalue weighted by Crippen LogP contribution is -2.49. The van der Waals surface area contributed by atoms with Crippen LogP contribution in [0.25, 0.3) is 11.3 Å². The molecule has 0 radical (unpaired) electrons. The fourth-order valence-corrected chi connectivity index (χ4v) is 5.46. The van der Waals surface area contributed by atoms with E-state index >= 15 is 0 Å². The molecule has 0 aliphatic carbocycles. The van der Waals surface area contributed by atoms with Gasteiger partial charge in [0.05, 0.1) is 22.3 Å². The van der Waals surface area contributed by atoms with Gasteiger partial charge in [0.25, 0.3) is 0 Å². The van der Waals surface area contributed by atoms with E-state index < -0.39 is 34.3 Å². The molecule has 1 aromatic heterocycles. The number of nitrogens with zero attached hydrogens (tertiary/aromatic N) is 6. The van der Waals surface area contributed by atoms with E-state index in [1.807, 2.05) is 14.1 Å². The average Bonchev–Trinajstić information content (AvgIpc) is 2.94. The zero-order valence-corrected chi connectivity index (χ0v) is 23.4. The summed E-state index contributed by atoms with van der Waals surface area (Å²) in [6.07, 6.45) is -0.442. The van der Waals surface area contributed by atoms with Gasteiger partial charge in [0.15, 0.2) is 11.6 Å². The number of rotatable bonds is 7. The Balaban J connectivity index is 1.63. The van der Waals surface area contributed by atoms with E-state index in [-0.39, 0.29) is 5.82 Å². The molecule has 14 heteroatoms. The van der Waals surface area contributed by atoms with Crippen LogP contribution in [-0.4, -0.2) is 100 Å². The number of nitrogens with one attached hydrogen (secondary N) is 1. The molecule has 1 aromatic carbocycles. The molecule has 4 rings (SSSR count). The van der Waals surface area contributed by atoms with Crippen LogP contribution < -0.4 is 15.1 Å². The Morgan fingerprint density at radius 2 is 1.68 bits per heavy atom. The topological polar surface area (TPSA) is 88.1 Å². The summed E-state index contributed by atoms with van der Waals surface area (Å²) in [6.45, 7) is 5.21. The maximum absolute atomic E-state index is 13.7. The Bertz CT molecular complexity index is 1290. The first-order valence-corrected chi connectivity index (χ1v) is 14.4. The van der Waals surface area contributed by atoms with Gasteiger partial charge in [-0.15, -0.1) is 0 Å². The fourth-order valence-electron chi connectivity index (χ4n) is 4.79. The molecule has 1 atom stereocenters. The monoisotopic (exact) mass is 583 g/mol.